The number of anilines is 6. The molecule has 0 spiro atoms. The van der Waals surface area contributed by atoms with Crippen LogP contribution in [0.5, 0.6) is 0 Å². The van der Waals surface area contributed by atoms with Crippen LogP contribution < -0.4 is 9.80 Å². The predicted octanol–water partition coefficient (Wildman–Crippen LogP) is 17.1. The first-order chi connectivity index (χ1) is 31.0. The molecule has 11 rings (SSSR count). The van der Waals surface area contributed by atoms with Crippen molar-refractivity contribution in [2.75, 3.05) is 9.80 Å². The van der Waals surface area contributed by atoms with Gasteiger partial charge in [-0.3, -0.25) is 0 Å². The van der Waals surface area contributed by atoms with Crippen molar-refractivity contribution in [3.8, 4) is 44.5 Å². The minimum atomic E-state index is -0.155. The van der Waals surface area contributed by atoms with E-state index in [1.165, 1.54) is 55.3 Å². The third kappa shape index (κ3) is 6.77. The van der Waals surface area contributed by atoms with E-state index < -0.39 is 0 Å². The fourth-order valence-corrected chi connectivity index (χ4v) is 9.83. The molecule has 2 heteroatoms. The molecule has 0 unspecified atom stereocenters. The molecular formula is C61H46N2. The van der Waals surface area contributed by atoms with Gasteiger partial charge < -0.3 is 9.80 Å². The second-order valence-corrected chi connectivity index (χ2v) is 16.9. The topological polar surface area (TPSA) is 6.48 Å². The third-order valence-electron chi connectivity index (χ3n) is 12.8. The van der Waals surface area contributed by atoms with Crippen molar-refractivity contribution >= 4 is 44.9 Å². The summed E-state index contributed by atoms with van der Waals surface area (Å²) >= 11 is 0. The van der Waals surface area contributed by atoms with Gasteiger partial charge in [-0.15, -0.1) is 0 Å². The first-order valence-electron chi connectivity index (χ1n) is 21.8. The highest BCUT2D eigenvalue weighted by Gasteiger charge is 2.36. The molecule has 10 aromatic rings. The molecule has 300 valence electrons. The van der Waals surface area contributed by atoms with E-state index in [1.54, 1.807) is 0 Å². The van der Waals surface area contributed by atoms with Crippen LogP contribution in [0.2, 0.25) is 0 Å². The molecule has 10 aromatic carbocycles. The highest BCUT2D eigenvalue weighted by molar-refractivity contribution is 6.05. The van der Waals surface area contributed by atoms with Gasteiger partial charge in [-0.2, -0.15) is 0 Å². The summed E-state index contributed by atoms with van der Waals surface area (Å²) in [5.74, 6) is 0. The molecule has 0 amide bonds. The molecule has 0 bridgehead atoms. The van der Waals surface area contributed by atoms with Crippen molar-refractivity contribution in [3.63, 3.8) is 0 Å². The van der Waals surface area contributed by atoms with Crippen molar-refractivity contribution in [3.05, 3.63) is 254 Å². The van der Waals surface area contributed by atoms with E-state index in [1.807, 2.05) is 0 Å². The Balaban J connectivity index is 1.21. The van der Waals surface area contributed by atoms with E-state index >= 15 is 0 Å². The van der Waals surface area contributed by atoms with Gasteiger partial charge >= 0.3 is 0 Å². The highest BCUT2D eigenvalue weighted by atomic mass is 15.2. The molecule has 2 nitrogen and oxygen atoms in total. The van der Waals surface area contributed by atoms with Gasteiger partial charge in [0.05, 0.1) is 5.69 Å². The van der Waals surface area contributed by atoms with Gasteiger partial charge in [0.1, 0.15) is 0 Å². The van der Waals surface area contributed by atoms with Crippen molar-refractivity contribution in [2.24, 2.45) is 0 Å². The van der Waals surface area contributed by atoms with Crippen LogP contribution in [0, 0.1) is 0 Å². The maximum atomic E-state index is 2.45. The Labute approximate surface area is 370 Å². The third-order valence-corrected chi connectivity index (χ3v) is 12.8. The van der Waals surface area contributed by atoms with Crippen molar-refractivity contribution in [1.29, 1.82) is 0 Å². The number of para-hydroxylation sites is 3. The second kappa shape index (κ2) is 15.8. The smallest absolute Gasteiger partial charge is 0.0540 e. The molecule has 0 heterocycles. The van der Waals surface area contributed by atoms with Gasteiger partial charge in [-0.05, 0) is 122 Å². The fraction of sp³-hybridized carbons (Fsp3) is 0.0492. The monoisotopic (exact) mass is 806 g/mol. The number of benzene rings is 10. The molecule has 63 heavy (non-hydrogen) atoms. The zero-order valence-corrected chi connectivity index (χ0v) is 35.5. The second-order valence-electron chi connectivity index (χ2n) is 16.9. The van der Waals surface area contributed by atoms with Crippen LogP contribution in [-0.2, 0) is 5.41 Å². The van der Waals surface area contributed by atoms with E-state index in [4.69, 9.17) is 0 Å². The van der Waals surface area contributed by atoms with Crippen LogP contribution >= 0.6 is 0 Å². The maximum absolute atomic E-state index is 2.45. The van der Waals surface area contributed by atoms with Crippen molar-refractivity contribution in [2.45, 2.75) is 19.3 Å². The molecule has 0 saturated carbocycles. The van der Waals surface area contributed by atoms with Crippen LogP contribution in [0.1, 0.15) is 25.0 Å². The van der Waals surface area contributed by atoms with Gasteiger partial charge in [-0.25, -0.2) is 0 Å². The van der Waals surface area contributed by atoms with Crippen LogP contribution in [0.25, 0.3) is 55.3 Å². The fourth-order valence-electron chi connectivity index (χ4n) is 9.83. The summed E-state index contributed by atoms with van der Waals surface area (Å²) in [5, 5.41) is 2.44. The van der Waals surface area contributed by atoms with Crippen LogP contribution in [-0.4, -0.2) is 0 Å². The lowest BCUT2D eigenvalue weighted by Crippen LogP contribution is -2.17. The number of rotatable bonds is 9. The first-order valence-corrected chi connectivity index (χ1v) is 21.8. The number of fused-ring (bicyclic) bond motifs is 4. The van der Waals surface area contributed by atoms with E-state index in [0.29, 0.717) is 0 Å². The van der Waals surface area contributed by atoms with Crippen LogP contribution in [0.4, 0.5) is 34.1 Å². The molecule has 0 aliphatic heterocycles. The average molecular weight is 807 g/mol. The summed E-state index contributed by atoms with van der Waals surface area (Å²) in [4.78, 5) is 4.88. The largest absolute Gasteiger partial charge is 0.310 e. The summed E-state index contributed by atoms with van der Waals surface area (Å²) in [5.41, 5.74) is 18.7. The van der Waals surface area contributed by atoms with Gasteiger partial charge in [0, 0.05) is 39.4 Å². The number of hydrogen-bond acceptors (Lipinski definition) is 2. The van der Waals surface area contributed by atoms with Crippen molar-refractivity contribution < 1.29 is 0 Å². The number of hydrogen-bond donors (Lipinski definition) is 0. The lowest BCUT2D eigenvalue weighted by Gasteiger charge is -2.32. The lowest BCUT2D eigenvalue weighted by atomic mass is 9.82. The zero-order valence-electron chi connectivity index (χ0n) is 35.5. The van der Waals surface area contributed by atoms with Gasteiger partial charge in [0.25, 0.3) is 0 Å². The maximum Gasteiger partial charge on any atom is 0.0540 e. The van der Waals surface area contributed by atoms with Crippen LogP contribution in [0.3, 0.4) is 0 Å². The number of nitrogens with zero attached hydrogens (tertiary/aromatic N) is 2. The summed E-state index contributed by atoms with van der Waals surface area (Å²) in [6, 6.07) is 88.5. The zero-order chi connectivity index (χ0) is 42.3. The Kier molecular flexibility index (Phi) is 9.55. The quantitative estimate of drug-likeness (QED) is 0.143. The van der Waals surface area contributed by atoms with Gasteiger partial charge in [0.15, 0.2) is 0 Å². The minimum Gasteiger partial charge on any atom is -0.310 e. The molecule has 0 N–H and O–H groups in total. The summed E-state index contributed by atoms with van der Waals surface area (Å²) in [6.07, 6.45) is 0. The first kappa shape index (κ1) is 38.0. The SMILES string of the molecule is CC1(C)c2ccccc2-c2ccc(N(c3ccccc3)c3cc(-c4ccc5ccccc5c4-c4ccccc4)cc(N(c4ccccc4)c4ccccc4-c4ccccc4)c3)cc21. The Morgan fingerprint density at radius 3 is 1.54 bits per heavy atom. The predicted molar refractivity (Wildman–Crippen MR) is 267 cm³/mol. The summed E-state index contributed by atoms with van der Waals surface area (Å²) in [6.45, 7) is 4.72. The summed E-state index contributed by atoms with van der Waals surface area (Å²) < 4.78 is 0. The molecule has 0 radical (unpaired) electrons. The normalized spacial score (nSPS) is 12.4. The van der Waals surface area contributed by atoms with E-state index in [2.05, 4.69) is 266 Å². The van der Waals surface area contributed by atoms with E-state index in [9.17, 15) is 0 Å². The molecule has 0 atom stereocenters. The van der Waals surface area contributed by atoms with Gasteiger partial charge in [0.2, 0.25) is 0 Å². The van der Waals surface area contributed by atoms with Crippen molar-refractivity contribution in [1.82, 2.24) is 0 Å². The molecule has 0 saturated heterocycles. The molecule has 0 aromatic heterocycles. The highest BCUT2D eigenvalue weighted by Crippen LogP contribution is 2.52. The Bertz CT molecular complexity index is 3250. The molecular weight excluding hydrogens is 761 g/mol. The van der Waals surface area contributed by atoms with E-state index in [-0.39, 0.29) is 5.41 Å². The Morgan fingerprint density at radius 1 is 0.302 bits per heavy atom. The standard InChI is InChI=1S/C61H46N2/c1-61(2)57-33-19-17-32-55(57)56-38-36-49(42-58(56)61)62(47-26-11-5-12-27-47)50-39-46(54-37-35-44-23-15-16-31-53(44)60(54)45-24-9-4-10-25-45)40-51(41-50)63(48-28-13-6-14-29-48)59-34-20-18-30-52(59)43-21-7-3-8-22-43/h3-42H,1-2H3. The lowest BCUT2D eigenvalue weighted by molar-refractivity contribution is 0.660. The molecule has 1 aliphatic rings. The Hall–Kier alpha value is -7.94. The Morgan fingerprint density at radius 2 is 0.825 bits per heavy atom. The molecule has 1 aliphatic carbocycles. The van der Waals surface area contributed by atoms with Gasteiger partial charge in [-0.1, -0.05) is 196 Å². The molecule has 0 fully saturated rings. The van der Waals surface area contributed by atoms with Crippen LogP contribution in [0.15, 0.2) is 243 Å². The minimum absolute atomic E-state index is 0.155. The van der Waals surface area contributed by atoms with E-state index in [0.717, 1.165) is 45.3 Å². The average Bonchev–Trinajstić information content (AvgIpc) is 3.57. The summed E-state index contributed by atoms with van der Waals surface area (Å²) in [7, 11) is 0.